The number of rotatable bonds is 6. The van der Waals surface area contributed by atoms with E-state index in [1.165, 1.54) is 30.9 Å². The summed E-state index contributed by atoms with van der Waals surface area (Å²) in [4.78, 5) is 8.28. The van der Waals surface area contributed by atoms with Crippen molar-refractivity contribution < 1.29 is 13.7 Å². The lowest BCUT2D eigenvalue weighted by molar-refractivity contribution is 0.350. The largest absolute Gasteiger partial charge is 0.481 e. The Morgan fingerprint density at radius 2 is 1.61 bits per heavy atom. The second-order valence-corrected chi connectivity index (χ2v) is 6.95. The molecule has 0 aliphatic heterocycles. The van der Waals surface area contributed by atoms with Gasteiger partial charge in [0.05, 0.1) is 25.7 Å². The van der Waals surface area contributed by atoms with E-state index in [1.807, 2.05) is 0 Å². The number of aromatic nitrogens is 2. The Labute approximate surface area is 139 Å². The highest BCUT2D eigenvalue weighted by molar-refractivity contribution is 7.83. The zero-order valence-electron chi connectivity index (χ0n) is 14.2. The van der Waals surface area contributed by atoms with Crippen LogP contribution in [0.4, 0.5) is 0 Å². The van der Waals surface area contributed by atoms with Gasteiger partial charge in [0.2, 0.25) is 5.88 Å². The number of methoxy groups -OCH3 is 2. The van der Waals surface area contributed by atoms with Crippen LogP contribution in [0.25, 0.3) is 0 Å². The van der Waals surface area contributed by atoms with Gasteiger partial charge in [0.1, 0.15) is 0 Å². The van der Waals surface area contributed by atoms with Crippen LogP contribution in [0.1, 0.15) is 27.9 Å². The van der Waals surface area contributed by atoms with Crippen LogP contribution < -0.4 is 9.47 Å². The summed E-state index contributed by atoms with van der Waals surface area (Å²) in [6.45, 7) is 6.19. The molecule has 0 spiro atoms. The molecule has 1 atom stereocenters. The maximum absolute atomic E-state index is 12.5. The molecule has 0 saturated heterocycles. The smallest absolute Gasteiger partial charge is 0.319 e. The molecule has 0 bridgehead atoms. The number of ether oxygens (including phenoxy) is 2. The molecule has 23 heavy (non-hydrogen) atoms. The molecule has 0 aliphatic rings. The van der Waals surface area contributed by atoms with Gasteiger partial charge in [0.15, 0.2) is 0 Å². The highest BCUT2D eigenvalue weighted by atomic mass is 32.2. The Bertz CT molecular complexity index is 687. The van der Waals surface area contributed by atoms with Gasteiger partial charge in [-0.05, 0) is 37.5 Å². The minimum atomic E-state index is -1.07. The molecule has 0 radical (unpaired) electrons. The van der Waals surface area contributed by atoms with Gasteiger partial charge < -0.3 is 9.47 Å². The zero-order valence-corrected chi connectivity index (χ0v) is 15.0. The average Bonchev–Trinajstić information content (AvgIpc) is 2.50. The Kier molecular flexibility index (Phi) is 5.71. The van der Waals surface area contributed by atoms with Crippen LogP contribution in [0, 0.1) is 20.8 Å². The predicted molar refractivity (Wildman–Crippen MR) is 91.3 cm³/mol. The van der Waals surface area contributed by atoms with Crippen LogP contribution in [0.5, 0.6) is 11.9 Å². The average molecular weight is 334 g/mol. The normalized spacial score (nSPS) is 12.0. The second-order valence-electron chi connectivity index (χ2n) is 5.49. The van der Waals surface area contributed by atoms with Crippen molar-refractivity contribution in [1.82, 2.24) is 9.97 Å². The summed E-state index contributed by atoms with van der Waals surface area (Å²) in [5, 5.41) is 0. The molecule has 124 valence electrons. The molecule has 0 N–H and O–H groups in total. The molecule has 2 aromatic rings. The first kappa shape index (κ1) is 17.4. The van der Waals surface area contributed by atoms with Crippen molar-refractivity contribution in [2.75, 3.05) is 14.2 Å². The number of aryl methyl sites for hydroxylation is 3. The highest BCUT2D eigenvalue weighted by Gasteiger charge is 2.12. The zero-order chi connectivity index (χ0) is 17.0. The minimum absolute atomic E-state index is 0.221. The molecule has 0 saturated carbocycles. The van der Waals surface area contributed by atoms with Crippen LogP contribution in [-0.2, 0) is 22.3 Å². The summed E-state index contributed by atoms with van der Waals surface area (Å²) in [5.41, 5.74) is 5.36. The van der Waals surface area contributed by atoms with Crippen molar-refractivity contribution in [3.8, 4) is 11.9 Å². The molecule has 6 heteroatoms. The Morgan fingerprint density at radius 1 is 0.957 bits per heavy atom. The lowest BCUT2D eigenvalue weighted by Crippen LogP contribution is -2.06. The fourth-order valence-electron chi connectivity index (χ4n) is 2.53. The first-order valence-corrected chi connectivity index (χ1v) is 8.79. The van der Waals surface area contributed by atoms with Crippen molar-refractivity contribution >= 4 is 10.8 Å². The molecule has 0 amide bonds. The van der Waals surface area contributed by atoms with E-state index in [2.05, 4.69) is 42.9 Å². The minimum Gasteiger partial charge on any atom is -0.481 e. The SMILES string of the molecule is COc1cc(CS(=O)Cc2c(C)cc(C)cc2C)nc(OC)n1. The lowest BCUT2D eigenvalue weighted by Gasteiger charge is -2.11. The fraction of sp³-hybridized carbons (Fsp3) is 0.412. The number of benzene rings is 1. The van der Waals surface area contributed by atoms with Crippen LogP contribution in [0.15, 0.2) is 18.2 Å². The van der Waals surface area contributed by atoms with E-state index in [1.54, 1.807) is 6.07 Å². The van der Waals surface area contributed by atoms with Gasteiger partial charge in [-0.25, -0.2) is 0 Å². The first-order valence-electron chi connectivity index (χ1n) is 7.30. The Balaban J connectivity index is 2.17. The van der Waals surface area contributed by atoms with Gasteiger partial charge in [-0.3, -0.25) is 4.21 Å². The van der Waals surface area contributed by atoms with Crippen LogP contribution in [0.3, 0.4) is 0 Å². The molecule has 2 rings (SSSR count). The van der Waals surface area contributed by atoms with Gasteiger partial charge in [0, 0.05) is 22.6 Å². The summed E-state index contributed by atoms with van der Waals surface area (Å²) >= 11 is 0. The summed E-state index contributed by atoms with van der Waals surface area (Å²) in [5.74, 6) is 1.25. The standard InChI is InChI=1S/C17H22N2O3S/c1-11-6-12(2)15(13(3)7-11)10-23(20)9-14-8-16(21-4)19-17(18-14)22-5/h6-8H,9-10H2,1-5H3. The quantitative estimate of drug-likeness (QED) is 0.813. The third-order valence-electron chi connectivity index (χ3n) is 3.58. The van der Waals surface area contributed by atoms with Crippen molar-refractivity contribution in [2.45, 2.75) is 32.3 Å². The molecule has 0 aliphatic carbocycles. The monoisotopic (exact) mass is 334 g/mol. The summed E-state index contributed by atoms with van der Waals surface area (Å²) in [6.07, 6.45) is 0. The molecule has 1 unspecified atom stereocenters. The van der Waals surface area contributed by atoms with Crippen molar-refractivity contribution in [3.05, 3.63) is 46.1 Å². The molecule has 0 fully saturated rings. The van der Waals surface area contributed by atoms with Crippen molar-refractivity contribution in [3.63, 3.8) is 0 Å². The third kappa shape index (κ3) is 4.51. The van der Waals surface area contributed by atoms with Crippen molar-refractivity contribution in [1.29, 1.82) is 0 Å². The van der Waals surface area contributed by atoms with E-state index in [0.717, 1.165) is 5.56 Å². The molecule has 5 nitrogen and oxygen atoms in total. The highest BCUT2D eigenvalue weighted by Crippen LogP contribution is 2.20. The maximum atomic E-state index is 12.5. The van der Waals surface area contributed by atoms with Crippen molar-refractivity contribution in [2.24, 2.45) is 0 Å². The fourth-order valence-corrected chi connectivity index (χ4v) is 3.89. The lowest BCUT2D eigenvalue weighted by atomic mass is 10.0. The Hall–Kier alpha value is -1.95. The first-order chi connectivity index (χ1) is 10.9. The number of nitrogens with zero attached hydrogens (tertiary/aromatic N) is 2. The Morgan fingerprint density at radius 3 is 2.17 bits per heavy atom. The second kappa shape index (κ2) is 7.55. The van der Waals surface area contributed by atoms with Crippen LogP contribution >= 0.6 is 0 Å². The van der Waals surface area contributed by atoms with Gasteiger partial charge in [0.25, 0.3) is 0 Å². The van der Waals surface area contributed by atoms with E-state index < -0.39 is 10.8 Å². The van der Waals surface area contributed by atoms with Crippen LogP contribution in [0.2, 0.25) is 0 Å². The topological polar surface area (TPSA) is 61.3 Å². The van der Waals surface area contributed by atoms with E-state index in [0.29, 0.717) is 23.1 Å². The molecule has 1 aromatic carbocycles. The molecular formula is C17H22N2O3S. The summed E-state index contributed by atoms with van der Waals surface area (Å²) in [7, 11) is 1.95. The maximum Gasteiger partial charge on any atom is 0.319 e. The van der Waals surface area contributed by atoms with E-state index >= 15 is 0 Å². The number of hydrogen-bond acceptors (Lipinski definition) is 5. The van der Waals surface area contributed by atoms with Gasteiger partial charge in [-0.15, -0.1) is 0 Å². The van der Waals surface area contributed by atoms with Gasteiger partial charge in [-0.1, -0.05) is 17.7 Å². The summed E-state index contributed by atoms with van der Waals surface area (Å²) < 4.78 is 22.7. The number of hydrogen-bond donors (Lipinski definition) is 0. The van der Waals surface area contributed by atoms with Gasteiger partial charge >= 0.3 is 6.01 Å². The van der Waals surface area contributed by atoms with Gasteiger partial charge in [-0.2, -0.15) is 9.97 Å². The molecule has 1 aromatic heterocycles. The summed E-state index contributed by atoms with van der Waals surface area (Å²) in [6, 6.07) is 6.15. The molecule has 1 heterocycles. The van der Waals surface area contributed by atoms with E-state index in [-0.39, 0.29) is 6.01 Å². The molecular weight excluding hydrogens is 312 g/mol. The van der Waals surface area contributed by atoms with E-state index in [9.17, 15) is 4.21 Å². The van der Waals surface area contributed by atoms with E-state index in [4.69, 9.17) is 9.47 Å². The van der Waals surface area contributed by atoms with Crippen LogP contribution in [-0.4, -0.2) is 28.4 Å². The predicted octanol–water partition coefficient (Wildman–Crippen LogP) is 2.87. The third-order valence-corrected chi connectivity index (χ3v) is 4.81.